The highest BCUT2D eigenvalue weighted by Gasteiger charge is 2.44. The number of aliphatic hydroxyl groups excluding tert-OH is 1. The first-order chi connectivity index (χ1) is 7.05. The summed E-state index contributed by atoms with van der Waals surface area (Å²) in [4.78, 5) is 0. The van der Waals surface area contributed by atoms with Crippen LogP contribution in [0.25, 0.3) is 0 Å². The molecule has 0 aromatic carbocycles. The Morgan fingerprint density at radius 3 is 2.47 bits per heavy atom. The van der Waals surface area contributed by atoms with E-state index in [0.29, 0.717) is 25.9 Å². The van der Waals surface area contributed by atoms with Crippen LogP contribution in [0.2, 0.25) is 0 Å². The van der Waals surface area contributed by atoms with Gasteiger partial charge < -0.3 is 10.4 Å². The van der Waals surface area contributed by atoms with Crippen molar-refractivity contribution < 1.29 is 18.3 Å². The SMILES string of the molecule is OCCNCC1CCCCC1C(F)(F)F. The van der Waals surface area contributed by atoms with Gasteiger partial charge in [0.05, 0.1) is 12.5 Å². The van der Waals surface area contributed by atoms with Crippen LogP contribution < -0.4 is 5.32 Å². The highest BCUT2D eigenvalue weighted by Crippen LogP contribution is 2.40. The van der Waals surface area contributed by atoms with Gasteiger partial charge in [0.2, 0.25) is 0 Å². The molecule has 0 spiro atoms. The maximum Gasteiger partial charge on any atom is 0.392 e. The molecule has 2 nitrogen and oxygen atoms in total. The van der Waals surface area contributed by atoms with Gasteiger partial charge in [0.15, 0.2) is 0 Å². The smallest absolute Gasteiger partial charge is 0.392 e. The summed E-state index contributed by atoms with van der Waals surface area (Å²) in [6.45, 7) is 0.717. The largest absolute Gasteiger partial charge is 0.395 e. The van der Waals surface area contributed by atoms with Crippen molar-refractivity contribution in [1.82, 2.24) is 5.32 Å². The molecule has 0 aromatic heterocycles. The molecule has 0 saturated heterocycles. The Morgan fingerprint density at radius 2 is 1.87 bits per heavy atom. The van der Waals surface area contributed by atoms with Gasteiger partial charge in [0, 0.05) is 6.54 Å². The molecule has 2 atom stereocenters. The number of hydrogen-bond donors (Lipinski definition) is 2. The average molecular weight is 225 g/mol. The maximum absolute atomic E-state index is 12.6. The number of nitrogens with one attached hydrogen (secondary N) is 1. The average Bonchev–Trinajstić information content (AvgIpc) is 2.17. The molecular weight excluding hydrogens is 207 g/mol. The zero-order valence-electron chi connectivity index (χ0n) is 8.69. The number of alkyl halides is 3. The summed E-state index contributed by atoms with van der Waals surface area (Å²) in [5.41, 5.74) is 0. The monoisotopic (exact) mass is 225 g/mol. The number of hydrogen-bond acceptors (Lipinski definition) is 2. The summed E-state index contributed by atoms with van der Waals surface area (Å²) in [5.74, 6) is -1.47. The fourth-order valence-electron chi connectivity index (χ4n) is 2.25. The Hall–Kier alpha value is -0.290. The van der Waals surface area contributed by atoms with E-state index in [9.17, 15) is 13.2 Å². The predicted octanol–water partition coefficient (Wildman–Crippen LogP) is 1.94. The minimum atomic E-state index is -4.06. The van der Waals surface area contributed by atoms with E-state index < -0.39 is 12.1 Å². The molecule has 1 aliphatic carbocycles. The standard InChI is InChI=1S/C10H18F3NO/c11-10(12,13)9-4-2-1-3-8(9)7-14-5-6-15/h8-9,14-15H,1-7H2. The van der Waals surface area contributed by atoms with Crippen LogP contribution in [0.3, 0.4) is 0 Å². The molecule has 0 radical (unpaired) electrons. The highest BCUT2D eigenvalue weighted by atomic mass is 19.4. The second-order valence-electron chi connectivity index (χ2n) is 4.12. The zero-order valence-corrected chi connectivity index (χ0v) is 8.69. The van der Waals surface area contributed by atoms with Crippen molar-refractivity contribution in [3.05, 3.63) is 0 Å². The van der Waals surface area contributed by atoms with Crippen LogP contribution in [0.15, 0.2) is 0 Å². The molecule has 90 valence electrons. The van der Waals surface area contributed by atoms with E-state index >= 15 is 0 Å². The van der Waals surface area contributed by atoms with Crippen molar-refractivity contribution in [2.45, 2.75) is 31.9 Å². The Kier molecular flexibility index (Phi) is 4.86. The van der Waals surface area contributed by atoms with Crippen molar-refractivity contribution in [2.75, 3.05) is 19.7 Å². The molecular formula is C10H18F3NO. The Balaban J connectivity index is 2.43. The second-order valence-corrected chi connectivity index (χ2v) is 4.12. The van der Waals surface area contributed by atoms with E-state index in [-0.39, 0.29) is 18.9 Å². The van der Waals surface area contributed by atoms with E-state index in [2.05, 4.69) is 5.32 Å². The van der Waals surface area contributed by atoms with Crippen LogP contribution in [0.5, 0.6) is 0 Å². The van der Waals surface area contributed by atoms with Crippen LogP contribution in [-0.2, 0) is 0 Å². The molecule has 0 aliphatic heterocycles. The fraction of sp³-hybridized carbons (Fsp3) is 1.00. The van der Waals surface area contributed by atoms with Gasteiger partial charge in [-0.1, -0.05) is 12.8 Å². The third-order valence-corrected chi connectivity index (χ3v) is 3.02. The van der Waals surface area contributed by atoms with Crippen LogP contribution >= 0.6 is 0 Å². The lowest BCUT2D eigenvalue weighted by molar-refractivity contribution is -0.195. The van der Waals surface area contributed by atoms with Gasteiger partial charge in [0.25, 0.3) is 0 Å². The van der Waals surface area contributed by atoms with Gasteiger partial charge in [-0.15, -0.1) is 0 Å². The molecule has 1 fully saturated rings. The molecule has 1 saturated carbocycles. The molecule has 0 amide bonds. The minimum absolute atomic E-state index is 0.0244. The van der Waals surface area contributed by atoms with E-state index in [0.717, 1.165) is 6.42 Å². The lowest BCUT2D eigenvalue weighted by atomic mass is 9.79. The van der Waals surface area contributed by atoms with E-state index in [1.165, 1.54) is 0 Å². The van der Waals surface area contributed by atoms with Crippen molar-refractivity contribution in [2.24, 2.45) is 11.8 Å². The van der Waals surface area contributed by atoms with Crippen LogP contribution in [0.4, 0.5) is 13.2 Å². The zero-order chi connectivity index (χ0) is 11.3. The molecule has 0 heterocycles. The van der Waals surface area contributed by atoms with Crippen molar-refractivity contribution in [1.29, 1.82) is 0 Å². The maximum atomic E-state index is 12.6. The predicted molar refractivity (Wildman–Crippen MR) is 51.5 cm³/mol. The van der Waals surface area contributed by atoms with Crippen molar-refractivity contribution in [3.63, 3.8) is 0 Å². The minimum Gasteiger partial charge on any atom is -0.395 e. The molecule has 0 bridgehead atoms. The molecule has 2 N–H and O–H groups in total. The van der Waals surface area contributed by atoms with Crippen molar-refractivity contribution in [3.8, 4) is 0 Å². The van der Waals surface area contributed by atoms with Gasteiger partial charge in [-0.3, -0.25) is 0 Å². The van der Waals surface area contributed by atoms with Crippen LogP contribution in [0, 0.1) is 11.8 Å². The summed E-state index contributed by atoms with van der Waals surface area (Å²) in [6, 6.07) is 0. The quantitative estimate of drug-likeness (QED) is 0.717. The summed E-state index contributed by atoms with van der Waals surface area (Å²) >= 11 is 0. The first-order valence-corrected chi connectivity index (χ1v) is 5.44. The lowest BCUT2D eigenvalue weighted by Gasteiger charge is -2.33. The lowest BCUT2D eigenvalue weighted by Crippen LogP contribution is -2.39. The summed E-state index contributed by atoms with van der Waals surface area (Å²) < 4.78 is 37.9. The van der Waals surface area contributed by atoms with Gasteiger partial charge in [0.1, 0.15) is 0 Å². The summed E-state index contributed by atoms with van der Waals surface area (Å²) in [6.07, 6.45) is -1.59. The third-order valence-electron chi connectivity index (χ3n) is 3.02. The Morgan fingerprint density at radius 1 is 1.20 bits per heavy atom. The van der Waals surface area contributed by atoms with Gasteiger partial charge in [-0.25, -0.2) is 0 Å². The Labute approximate surface area is 87.9 Å². The Bertz CT molecular complexity index is 184. The number of rotatable bonds is 4. The van der Waals surface area contributed by atoms with Gasteiger partial charge >= 0.3 is 6.18 Å². The molecule has 1 aliphatic rings. The third kappa shape index (κ3) is 3.99. The molecule has 1 rings (SSSR count). The van der Waals surface area contributed by atoms with Crippen LogP contribution in [-0.4, -0.2) is 31.0 Å². The normalized spacial score (nSPS) is 28.0. The topological polar surface area (TPSA) is 32.3 Å². The first-order valence-electron chi connectivity index (χ1n) is 5.44. The first kappa shape index (κ1) is 12.8. The summed E-state index contributed by atoms with van der Waals surface area (Å²) in [7, 11) is 0. The van der Waals surface area contributed by atoms with Gasteiger partial charge in [-0.2, -0.15) is 13.2 Å². The second kappa shape index (κ2) is 5.70. The molecule has 15 heavy (non-hydrogen) atoms. The van der Waals surface area contributed by atoms with Crippen LogP contribution in [0.1, 0.15) is 25.7 Å². The molecule has 0 aromatic rings. The highest BCUT2D eigenvalue weighted by molar-refractivity contribution is 4.81. The summed E-state index contributed by atoms with van der Waals surface area (Å²) in [5, 5.41) is 11.4. The van der Waals surface area contributed by atoms with E-state index in [1.807, 2.05) is 0 Å². The van der Waals surface area contributed by atoms with Crippen molar-refractivity contribution >= 4 is 0 Å². The van der Waals surface area contributed by atoms with Gasteiger partial charge in [-0.05, 0) is 25.3 Å². The number of halogens is 3. The van der Waals surface area contributed by atoms with E-state index in [1.54, 1.807) is 0 Å². The van der Waals surface area contributed by atoms with E-state index in [4.69, 9.17) is 5.11 Å². The molecule has 5 heteroatoms. The molecule has 2 unspecified atom stereocenters. The fourth-order valence-corrected chi connectivity index (χ4v) is 2.25. The number of aliphatic hydroxyl groups is 1.